The molecule has 148 valence electrons. The van der Waals surface area contributed by atoms with Gasteiger partial charge in [0.15, 0.2) is 9.84 Å². The maximum atomic E-state index is 12.7. The first-order chi connectivity index (χ1) is 13.0. The molecule has 0 saturated carbocycles. The summed E-state index contributed by atoms with van der Waals surface area (Å²) >= 11 is 0. The van der Waals surface area contributed by atoms with Crippen LogP contribution in [0.15, 0.2) is 47.5 Å². The zero-order valence-corrected chi connectivity index (χ0v) is 15.5. The highest BCUT2D eigenvalue weighted by Gasteiger charge is 2.34. The molecule has 0 aliphatic heterocycles. The lowest BCUT2D eigenvalue weighted by molar-refractivity contribution is -0.142. The van der Waals surface area contributed by atoms with Crippen molar-refractivity contribution in [2.24, 2.45) is 5.92 Å². The molecule has 1 unspecified atom stereocenters. The van der Waals surface area contributed by atoms with Crippen LogP contribution in [0.1, 0.15) is 29.7 Å². The van der Waals surface area contributed by atoms with Crippen molar-refractivity contribution in [2.45, 2.75) is 23.9 Å². The van der Waals surface area contributed by atoms with Crippen molar-refractivity contribution >= 4 is 27.0 Å². The van der Waals surface area contributed by atoms with E-state index in [9.17, 15) is 31.5 Å². The lowest BCUT2D eigenvalue weighted by Crippen LogP contribution is -2.10. The fourth-order valence-electron chi connectivity index (χ4n) is 3.21. The van der Waals surface area contributed by atoms with Gasteiger partial charge in [0.2, 0.25) is 0 Å². The van der Waals surface area contributed by atoms with Crippen LogP contribution >= 0.6 is 0 Å². The van der Waals surface area contributed by atoms with E-state index in [1.807, 2.05) is 0 Å². The number of carboxylic acids is 1. The Bertz CT molecular complexity index is 1040. The number of benzene rings is 1. The quantitative estimate of drug-likeness (QED) is 0.825. The first kappa shape index (κ1) is 20.1. The SMILES string of the molecule is CS(=O)(=O)c1ccc(C2=C(c3ccc(C(F)(F)F)nc3)CC(C(=O)O)C2)cc1. The van der Waals surface area contributed by atoms with Crippen LogP contribution < -0.4 is 0 Å². The maximum absolute atomic E-state index is 12.7. The highest BCUT2D eigenvalue weighted by Crippen LogP contribution is 2.43. The molecule has 0 fully saturated rings. The highest BCUT2D eigenvalue weighted by atomic mass is 32.2. The third kappa shape index (κ3) is 4.09. The van der Waals surface area contributed by atoms with Crippen LogP contribution in [0.25, 0.3) is 11.1 Å². The monoisotopic (exact) mass is 411 g/mol. The van der Waals surface area contributed by atoms with E-state index in [0.29, 0.717) is 22.3 Å². The number of aromatic nitrogens is 1. The summed E-state index contributed by atoms with van der Waals surface area (Å²) in [6.45, 7) is 0. The second kappa shape index (κ2) is 7.05. The Morgan fingerprint density at radius 1 is 1.04 bits per heavy atom. The van der Waals surface area contributed by atoms with Gasteiger partial charge in [-0.2, -0.15) is 13.2 Å². The third-order valence-corrected chi connectivity index (χ3v) is 5.78. The van der Waals surface area contributed by atoms with Crippen molar-refractivity contribution in [3.63, 3.8) is 0 Å². The summed E-state index contributed by atoms with van der Waals surface area (Å²) in [5.41, 5.74) is 1.28. The molecule has 1 N–H and O–H groups in total. The molecule has 1 aromatic heterocycles. The van der Waals surface area contributed by atoms with Gasteiger partial charge in [-0.15, -0.1) is 0 Å². The summed E-state index contributed by atoms with van der Waals surface area (Å²) in [5.74, 6) is -1.71. The van der Waals surface area contributed by atoms with E-state index in [-0.39, 0.29) is 17.7 Å². The van der Waals surface area contributed by atoms with Gasteiger partial charge in [-0.25, -0.2) is 8.42 Å². The molecule has 0 saturated heterocycles. The number of aliphatic carboxylic acids is 1. The van der Waals surface area contributed by atoms with E-state index < -0.39 is 33.6 Å². The average molecular weight is 411 g/mol. The summed E-state index contributed by atoms with van der Waals surface area (Å²) < 4.78 is 61.4. The van der Waals surface area contributed by atoms with Gasteiger partial charge >= 0.3 is 12.1 Å². The lowest BCUT2D eigenvalue weighted by Gasteiger charge is -2.10. The van der Waals surface area contributed by atoms with Crippen LogP contribution in [0.3, 0.4) is 0 Å². The van der Waals surface area contributed by atoms with Gasteiger partial charge in [0.1, 0.15) is 5.69 Å². The molecule has 9 heteroatoms. The molecule has 28 heavy (non-hydrogen) atoms. The van der Waals surface area contributed by atoms with Gasteiger partial charge < -0.3 is 5.11 Å². The van der Waals surface area contributed by atoms with Crippen LogP contribution in [-0.2, 0) is 20.8 Å². The standard InChI is InChI=1S/C19H16F3NO4S/c1-28(26,27)14-5-2-11(3-6-14)15-8-13(18(24)25)9-16(15)12-4-7-17(23-10-12)19(20,21)22/h2-7,10,13H,8-9H2,1H3,(H,24,25). The Hall–Kier alpha value is -2.68. The normalized spacial score (nSPS) is 17.8. The van der Waals surface area contributed by atoms with Crippen LogP contribution in [0, 0.1) is 5.92 Å². The zero-order chi connectivity index (χ0) is 20.7. The molecular formula is C19H16F3NO4S. The fourth-order valence-corrected chi connectivity index (χ4v) is 3.84. The molecule has 0 radical (unpaired) electrons. The van der Waals surface area contributed by atoms with Crippen LogP contribution in [-0.4, -0.2) is 30.7 Å². The Morgan fingerprint density at radius 3 is 2.00 bits per heavy atom. The third-order valence-electron chi connectivity index (χ3n) is 4.65. The number of sulfone groups is 1. The van der Waals surface area contributed by atoms with Gasteiger partial charge in [0.05, 0.1) is 10.8 Å². The second-order valence-corrected chi connectivity index (χ2v) is 8.64. The molecule has 1 heterocycles. The van der Waals surface area contributed by atoms with Gasteiger partial charge in [-0.3, -0.25) is 9.78 Å². The molecule has 1 aromatic carbocycles. The molecule has 3 rings (SSSR count). The maximum Gasteiger partial charge on any atom is 0.433 e. The minimum absolute atomic E-state index is 0.127. The molecule has 1 aliphatic carbocycles. The van der Waals surface area contributed by atoms with E-state index in [1.165, 1.54) is 18.2 Å². The first-order valence-corrected chi connectivity index (χ1v) is 10.1. The number of carboxylic acid groups (broad SMARTS) is 1. The smallest absolute Gasteiger partial charge is 0.433 e. The lowest BCUT2D eigenvalue weighted by atomic mass is 9.98. The number of hydrogen-bond acceptors (Lipinski definition) is 4. The molecule has 5 nitrogen and oxygen atoms in total. The molecule has 2 aromatic rings. The van der Waals surface area contributed by atoms with Gasteiger partial charge in [0.25, 0.3) is 0 Å². The Morgan fingerprint density at radius 2 is 1.57 bits per heavy atom. The van der Waals surface area contributed by atoms with Crippen LogP contribution in [0.2, 0.25) is 0 Å². The fraction of sp³-hybridized carbons (Fsp3) is 0.263. The van der Waals surface area contributed by atoms with Crippen molar-refractivity contribution in [1.29, 1.82) is 0 Å². The number of allylic oxidation sites excluding steroid dienone is 2. The van der Waals surface area contributed by atoms with Crippen molar-refractivity contribution in [3.05, 3.63) is 59.4 Å². The second-order valence-electron chi connectivity index (χ2n) is 6.63. The molecule has 1 aliphatic rings. The van der Waals surface area contributed by atoms with Gasteiger partial charge in [-0.05, 0) is 53.3 Å². The Labute approximate surface area is 159 Å². The largest absolute Gasteiger partial charge is 0.481 e. The number of pyridine rings is 1. The van der Waals surface area contributed by atoms with E-state index in [0.717, 1.165) is 18.5 Å². The van der Waals surface area contributed by atoms with Gasteiger partial charge in [-0.1, -0.05) is 18.2 Å². The molecular weight excluding hydrogens is 395 g/mol. The number of carbonyl (C=O) groups is 1. The van der Waals surface area contributed by atoms with Crippen molar-refractivity contribution in [3.8, 4) is 0 Å². The summed E-state index contributed by atoms with van der Waals surface area (Å²) in [6.07, 6.45) is -2.03. The van der Waals surface area contributed by atoms with Crippen molar-refractivity contribution < 1.29 is 31.5 Å². The average Bonchev–Trinajstić information content (AvgIpc) is 3.06. The minimum atomic E-state index is -4.56. The van der Waals surface area contributed by atoms with E-state index in [4.69, 9.17) is 0 Å². The number of nitrogens with zero attached hydrogens (tertiary/aromatic N) is 1. The summed E-state index contributed by atoms with van der Waals surface area (Å²) in [5, 5.41) is 9.37. The summed E-state index contributed by atoms with van der Waals surface area (Å²) in [7, 11) is -3.38. The van der Waals surface area contributed by atoms with E-state index >= 15 is 0 Å². The summed E-state index contributed by atoms with van der Waals surface area (Å²) in [6, 6.07) is 8.14. The predicted octanol–water partition coefficient (Wildman–Crippen LogP) is 3.91. The topological polar surface area (TPSA) is 84.3 Å². The van der Waals surface area contributed by atoms with E-state index in [1.54, 1.807) is 12.1 Å². The number of halogens is 3. The van der Waals surface area contributed by atoms with Crippen molar-refractivity contribution in [1.82, 2.24) is 4.98 Å². The predicted molar refractivity (Wildman–Crippen MR) is 96.0 cm³/mol. The Kier molecular flexibility index (Phi) is 5.05. The van der Waals surface area contributed by atoms with Crippen LogP contribution in [0.4, 0.5) is 13.2 Å². The van der Waals surface area contributed by atoms with E-state index in [2.05, 4.69) is 4.98 Å². The van der Waals surface area contributed by atoms with Gasteiger partial charge in [0, 0.05) is 12.5 Å². The highest BCUT2D eigenvalue weighted by molar-refractivity contribution is 7.90. The minimum Gasteiger partial charge on any atom is -0.481 e. The van der Waals surface area contributed by atoms with Crippen molar-refractivity contribution in [2.75, 3.05) is 6.26 Å². The Balaban J connectivity index is 2.04. The van der Waals surface area contributed by atoms with Crippen LogP contribution in [0.5, 0.6) is 0 Å². The molecule has 0 spiro atoms. The molecule has 0 bridgehead atoms. The summed E-state index contributed by atoms with van der Waals surface area (Å²) in [4.78, 5) is 15.0. The molecule has 1 atom stereocenters. The molecule has 0 amide bonds. The number of hydrogen-bond donors (Lipinski definition) is 1. The zero-order valence-electron chi connectivity index (χ0n) is 14.7. The number of alkyl halides is 3. The first-order valence-electron chi connectivity index (χ1n) is 8.26. The number of rotatable bonds is 4.